The first-order chi connectivity index (χ1) is 9.63. The molecular weight excluding hydrogens is 318 g/mol. The first-order valence-electron chi connectivity index (χ1n) is 6.63. The molecule has 2 aromatic carbocycles. The van der Waals surface area contributed by atoms with Crippen molar-refractivity contribution in [1.82, 2.24) is 0 Å². The molecule has 0 bridgehead atoms. The average Bonchev–Trinajstić information content (AvgIpc) is 3.26. The summed E-state index contributed by atoms with van der Waals surface area (Å²) in [6.07, 6.45) is 1.92. The lowest BCUT2D eigenvalue weighted by atomic mass is 10.00. The third-order valence-corrected chi connectivity index (χ3v) is 3.86. The Morgan fingerprint density at radius 2 is 1.85 bits per heavy atom. The van der Waals surface area contributed by atoms with Crippen LogP contribution < -0.4 is 10.5 Å². The van der Waals surface area contributed by atoms with Crippen molar-refractivity contribution in [3.05, 3.63) is 58.1 Å². The molecule has 1 fully saturated rings. The van der Waals surface area contributed by atoms with Gasteiger partial charge in [0.15, 0.2) is 0 Å². The molecule has 3 N–H and O–H groups in total. The van der Waals surface area contributed by atoms with E-state index in [0.717, 1.165) is 28.6 Å². The fourth-order valence-electron chi connectivity index (χ4n) is 2.07. The molecule has 3 nitrogen and oxygen atoms in total. The molecule has 20 heavy (non-hydrogen) atoms. The molecule has 1 saturated carbocycles. The van der Waals surface area contributed by atoms with Crippen molar-refractivity contribution in [2.75, 3.05) is 5.73 Å². The average molecular weight is 334 g/mol. The van der Waals surface area contributed by atoms with Crippen LogP contribution in [0.4, 0.5) is 5.69 Å². The standard InChI is InChI=1S/C16H16BrNO2/c17-11-3-8-15(18)14(9-11)16(19)10-1-4-12(5-2-10)20-13-6-7-13/h1-5,8-9,13,16,19H,6-7,18H2. The summed E-state index contributed by atoms with van der Waals surface area (Å²) in [7, 11) is 0. The van der Waals surface area contributed by atoms with Gasteiger partial charge in [-0.2, -0.15) is 0 Å². The minimum absolute atomic E-state index is 0.381. The van der Waals surface area contributed by atoms with Crippen molar-refractivity contribution in [2.45, 2.75) is 25.0 Å². The number of nitrogen functional groups attached to an aromatic ring is 1. The highest BCUT2D eigenvalue weighted by Crippen LogP contribution is 2.31. The number of nitrogens with two attached hydrogens (primary N) is 1. The van der Waals surface area contributed by atoms with Gasteiger partial charge in [0.2, 0.25) is 0 Å². The number of hydrogen-bond donors (Lipinski definition) is 2. The molecule has 0 saturated heterocycles. The topological polar surface area (TPSA) is 55.5 Å². The Bertz CT molecular complexity index is 608. The van der Waals surface area contributed by atoms with Gasteiger partial charge in [-0.1, -0.05) is 28.1 Å². The van der Waals surface area contributed by atoms with E-state index in [2.05, 4.69) is 15.9 Å². The minimum Gasteiger partial charge on any atom is -0.490 e. The Balaban J connectivity index is 1.81. The summed E-state index contributed by atoms with van der Waals surface area (Å²) < 4.78 is 6.59. The zero-order chi connectivity index (χ0) is 14.1. The number of halogens is 1. The third kappa shape index (κ3) is 2.97. The number of anilines is 1. The maximum Gasteiger partial charge on any atom is 0.119 e. The van der Waals surface area contributed by atoms with Crippen LogP contribution in [0.1, 0.15) is 30.1 Å². The molecule has 3 rings (SSSR count). The molecule has 1 atom stereocenters. The number of benzene rings is 2. The summed E-state index contributed by atoms with van der Waals surface area (Å²) in [5.41, 5.74) is 8.02. The van der Waals surface area contributed by atoms with Gasteiger partial charge in [-0.05, 0) is 48.7 Å². The Hall–Kier alpha value is -1.52. The predicted octanol–water partition coefficient (Wildman–Crippen LogP) is 3.65. The normalized spacial score (nSPS) is 15.9. The quantitative estimate of drug-likeness (QED) is 0.839. The molecule has 1 aliphatic carbocycles. The maximum absolute atomic E-state index is 10.4. The zero-order valence-corrected chi connectivity index (χ0v) is 12.5. The van der Waals surface area contributed by atoms with Crippen LogP contribution in [0.2, 0.25) is 0 Å². The fourth-order valence-corrected chi connectivity index (χ4v) is 2.45. The van der Waals surface area contributed by atoms with Crippen molar-refractivity contribution < 1.29 is 9.84 Å². The Morgan fingerprint density at radius 3 is 2.50 bits per heavy atom. The molecule has 0 aromatic heterocycles. The number of ether oxygens (including phenoxy) is 1. The van der Waals surface area contributed by atoms with Crippen molar-refractivity contribution in [3.63, 3.8) is 0 Å². The van der Waals surface area contributed by atoms with Gasteiger partial charge in [0, 0.05) is 15.7 Å². The van der Waals surface area contributed by atoms with Crippen LogP contribution in [0.3, 0.4) is 0 Å². The second-order valence-electron chi connectivity index (χ2n) is 5.06. The highest BCUT2D eigenvalue weighted by molar-refractivity contribution is 9.10. The van der Waals surface area contributed by atoms with E-state index in [1.165, 1.54) is 0 Å². The summed E-state index contributed by atoms with van der Waals surface area (Å²) in [4.78, 5) is 0. The first kappa shape index (κ1) is 13.5. The monoisotopic (exact) mass is 333 g/mol. The van der Waals surface area contributed by atoms with Crippen LogP contribution in [0.15, 0.2) is 46.9 Å². The van der Waals surface area contributed by atoms with Crippen LogP contribution >= 0.6 is 15.9 Å². The van der Waals surface area contributed by atoms with Crippen LogP contribution in [-0.4, -0.2) is 11.2 Å². The predicted molar refractivity (Wildman–Crippen MR) is 82.7 cm³/mol. The molecule has 4 heteroatoms. The van der Waals surface area contributed by atoms with E-state index in [4.69, 9.17) is 10.5 Å². The fraction of sp³-hybridized carbons (Fsp3) is 0.250. The summed E-state index contributed by atoms with van der Waals surface area (Å²) >= 11 is 3.40. The van der Waals surface area contributed by atoms with Gasteiger partial charge in [0.1, 0.15) is 11.9 Å². The van der Waals surface area contributed by atoms with Crippen molar-refractivity contribution in [2.24, 2.45) is 0 Å². The smallest absolute Gasteiger partial charge is 0.119 e. The highest BCUT2D eigenvalue weighted by Gasteiger charge is 2.23. The molecule has 1 unspecified atom stereocenters. The Labute approximate surface area is 126 Å². The second-order valence-corrected chi connectivity index (χ2v) is 5.98. The number of aliphatic hydroxyl groups is 1. The van der Waals surface area contributed by atoms with E-state index in [-0.39, 0.29) is 0 Å². The molecule has 0 amide bonds. The largest absolute Gasteiger partial charge is 0.490 e. The lowest BCUT2D eigenvalue weighted by Crippen LogP contribution is -2.04. The molecule has 0 aliphatic heterocycles. The Morgan fingerprint density at radius 1 is 1.15 bits per heavy atom. The van der Waals surface area contributed by atoms with Gasteiger partial charge in [-0.15, -0.1) is 0 Å². The van der Waals surface area contributed by atoms with E-state index >= 15 is 0 Å². The summed E-state index contributed by atoms with van der Waals surface area (Å²) in [5.74, 6) is 0.852. The van der Waals surface area contributed by atoms with Gasteiger partial charge >= 0.3 is 0 Å². The summed E-state index contributed by atoms with van der Waals surface area (Å²) in [6.45, 7) is 0. The summed E-state index contributed by atoms with van der Waals surface area (Å²) in [5, 5.41) is 10.4. The second kappa shape index (κ2) is 5.46. The van der Waals surface area contributed by atoms with Gasteiger partial charge in [0.25, 0.3) is 0 Å². The molecule has 0 heterocycles. The van der Waals surface area contributed by atoms with Crippen LogP contribution in [0, 0.1) is 0 Å². The van der Waals surface area contributed by atoms with Gasteiger partial charge in [0.05, 0.1) is 6.10 Å². The number of aliphatic hydroxyl groups excluding tert-OH is 1. The minimum atomic E-state index is -0.734. The van der Waals surface area contributed by atoms with Gasteiger partial charge in [-0.25, -0.2) is 0 Å². The van der Waals surface area contributed by atoms with E-state index < -0.39 is 6.10 Å². The van der Waals surface area contributed by atoms with Gasteiger partial charge in [-0.3, -0.25) is 0 Å². The first-order valence-corrected chi connectivity index (χ1v) is 7.42. The van der Waals surface area contributed by atoms with E-state index in [9.17, 15) is 5.11 Å². The molecule has 0 spiro atoms. The van der Waals surface area contributed by atoms with Crippen LogP contribution in [0.5, 0.6) is 5.75 Å². The zero-order valence-electron chi connectivity index (χ0n) is 10.9. The number of hydrogen-bond acceptors (Lipinski definition) is 3. The molecule has 0 radical (unpaired) electrons. The lowest BCUT2D eigenvalue weighted by molar-refractivity contribution is 0.220. The van der Waals surface area contributed by atoms with E-state index in [0.29, 0.717) is 17.4 Å². The summed E-state index contributed by atoms with van der Waals surface area (Å²) in [6, 6.07) is 13.0. The third-order valence-electron chi connectivity index (χ3n) is 3.37. The van der Waals surface area contributed by atoms with Gasteiger partial charge < -0.3 is 15.6 Å². The van der Waals surface area contributed by atoms with Crippen LogP contribution in [0.25, 0.3) is 0 Å². The van der Waals surface area contributed by atoms with Crippen LogP contribution in [-0.2, 0) is 0 Å². The lowest BCUT2D eigenvalue weighted by Gasteiger charge is -2.15. The molecular formula is C16H16BrNO2. The van der Waals surface area contributed by atoms with Crippen molar-refractivity contribution >= 4 is 21.6 Å². The van der Waals surface area contributed by atoms with Crippen molar-refractivity contribution in [3.8, 4) is 5.75 Å². The maximum atomic E-state index is 10.4. The SMILES string of the molecule is Nc1ccc(Br)cc1C(O)c1ccc(OC2CC2)cc1. The highest BCUT2D eigenvalue weighted by atomic mass is 79.9. The molecule has 2 aromatic rings. The molecule has 1 aliphatic rings. The Kier molecular flexibility index (Phi) is 3.68. The number of rotatable bonds is 4. The van der Waals surface area contributed by atoms with E-state index in [1.807, 2.05) is 36.4 Å². The van der Waals surface area contributed by atoms with Crippen molar-refractivity contribution in [1.29, 1.82) is 0 Å². The van der Waals surface area contributed by atoms with E-state index in [1.54, 1.807) is 6.07 Å². The molecule has 104 valence electrons.